The van der Waals surface area contributed by atoms with Crippen molar-refractivity contribution in [1.29, 1.82) is 0 Å². The highest BCUT2D eigenvalue weighted by Gasteiger charge is 2.20. The first kappa shape index (κ1) is 14.1. The Hall–Kier alpha value is -1.82. The van der Waals surface area contributed by atoms with E-state index < -0.39 is 0 Å². The normalized spacial score (nSPS) is 15.5. The number of rotatable bonds is 4. The molecule has 2 aromatic rings. The average molecular weight is 303 g/mol. The first-order valence-corrected chi connectivity index (χ1v) is 8.05. The molecular weight excluding hydrogens is 286 g/mol. The molecule has 0 aliphatic heterocycles. The summed E-state index contributed by atoms with van der Waals surface area (Å²) in [6.45, 7) is 1.77. The molecule has 21 heavy (non-hydrogen) atoms. The minimum absolute atomic E-state index is 0.145. The fourth-order valence-electron chi connectivity index (χ4n) is 2.66. The maximum absolute atomic E-state index is 11.8. The first-order valence-electron chi connectivity index (χ1n) is 7.17. The molecule has 0 atom stereocenters. The molecule has 0 saturated heterocycles. The van der Waals surface area contributed by atoms with Crippen LogP contribution in [0.1, 0.15) is 59.7 Å². The van der Waals surface area contributed by atoms with Crippen LogP contribution in [0.15, 0.2) is 22.3 Å². The maximum atomic E-state index is 11.8. The molecule has 2 heterocycles. The Labute approximate surface area is 126 Å². The highest BCUT2D eigenvalue weighted by molar-refractivity contribution is 7.09. The van der Waals surface area contributed by atoms with E-state index in [1.54, 1.807) is 11.3 Å². The van der Waals surface area contributed by atoms with Gasteiger partial charge >= 0.3 is 0 Å². The Morgan fingerprint density at radius 2 is 2.14 bits per heavy atom. The molecule has 1 aliphatic rings. The zero-order valence-electron chi connectivity index (χ0n) is 11.9. The smallest absolute Gasteiger partial charge is 0.267 e. The number of Topliss-reactive ketones (excluding diaryl/α,β-unsaturated/α-hetero) is 1. The second-order valence-corrected chi connectivity index (χ2v) is 6.32. The molecule has 3 rings (SSSR count). The third kappa shape index (κ3) is 3.10. The van der Waals surface area contributed by atoms with E-state index in [1.807, 2.05) is 5.38 Å². The Morgan fingerprint density at radius 1 is 1.38 bits per heavy atom. The van der Waals surface area contributed by atoms with E-state index in [0.717, 1.165) is 5.69 Å². The lowest BCUT2D eigenvalue weighted by Gasteiger charge is -2.04. The zero-order valence-corrected chi connectivity index (χ0v) is 12.7. The standard InChI is InChI=1S/C15H17N3O2S/c1-10(19)13-6-7-14(20)18(17-13)8-12-9-21-15(16-12)11-4-2-3-5-11/h6-7,9,11H,2-5,8H2,1H3. The summed E-state index contributed by atoms with van der Waals surface area (Å²) >= 11 is 1.66. The van der Waals surface area contributed by atoms with Gasteiger partial charge < -0.3 is 0 Å². The van der Waals surface area contributed by atoms with Crippen molar-refractivity contribution >= 4 is 17.1 Å². The summed E-state index contributed by atoms with van der Waals surface area (Å²) < 4.78 is 1.31. The van der Waals surface area contributed by atoms with Crippen molar-refractivity contribution < 1.29 is 4.79 Å². The molecule has 1 aliphatic carbocycles. The predicted molar refractivity (Wildman–Crippen MR) is 80.9 cm³/mol. The van der Waals surface area contributed by atoms with Crippen molar-refractivity contribution in [2.24, 2.45) is 0 Å². The predicted octanol–water partition coefficient (Wildman–Crippen LogP) is 2.61. The van der Waals surface area contributed by atoms with Crippen LogP contribution in [0, 0.1) is 0 Å². The molecule has 1 fully saturated rings. The molecule has 6 heteroatoms. The van der Waals surface area contributed by atoms with E-state index in [1.165, 1.54) is 54.4 Å². The summed E-state index contributed by atoms with van der Waals surface area (Å²) in [7, 11) is 0. The molecule has 0 radical (unpaired) electrons. The Morgan fingerprint density at radius 3 is 2.86 bits per heavy atom. The van der Waals surface area contributed by atoms with E-state index in [-0.39, 0.29) is 11.3 Å². The summed E-state index contributed by atoms with van der Waals surface area (Å²) in [5.74, 6) is 0.436. The van der Waals surface area contributed by atoms with Gasteiger partial charge in [0.15, 0.2) is 5.78 Å². The molecule has 110 valence electrons. The second-order valence-electron chi connectivity index (χ2n) is 5.43. The SMILES string of the molecule is CC(=O)c1ccc(=O)n(Cc2csc(C3CCCC3)n2)n1. The molecule has 0 N–H and O–H groups in total. The fourth-order valence-corrected chi connectivity index (χ4v) is 3.64. The first-order chi connectivity index (χ1) is 10.1. The summed E-state index contributed by atoms with van der Waals surface area (Å²) in [4.78, 5) is 27.8. The van der Waals surface area contributed by atoms with Crippen LogP contribution in [0.5, 0.6) is 0 Å². The van der Waals surface area contributed by atoms with Gasteiger partial charge in [-0.2, -0.15) is 5.10 Å². The van der Waals surface area contributed by atoms with Gasteiger partial charge in [0.25, 0.3) is 5.56 Å². The summed E-state index contributed by atoms with van der Waals surface area (Å²) in [6.07, 6.45) is 4.98. The quantitative estimate of drug-likeness (QED) is 0.814. The number of hydrogen-bond donors (Lipinski definition) is 0. The Balaban J connectivity index is 1.81. The summed E-state index contributed by atoms with van der Waals surface area (Å²) in [5.41, 5.74) is 0.938. The number of carbonyl (C=O) groups is 1. The highest BCUT2D eigenvalue weighted by atomic mass is 32.1. The van der Waals surface area contributed by atoms with Crippen molar-refractivity contribution in [2.75, 3.05) is 0 Å². The van der Waals surface area contributed by atoms with Crippen LogP contribution in [0.4, 0.5) is 0 Å². The lowest BCUT2D eigenvalue weighted by molar-refractivity contribution is 0.101. The number of thiazole rings is 1. The van der Waals surface area contributed by atoms with Crippen LogP contribution >= 0.6 is 11.3 Å². The van der Waals surface area contributed by atoms with Crippen LogP contribution in [0.2, 0.25) is 0 Å². The lowest BCUT2D eigenvalue weighted by Crippen LogP contribution is -2.24. The van der Waals surface area contributed by atoms with Gasteiger partial charge in [0, 0.05) is 24.3 Å². The van der Waals surface area contributed by atoms with E-state index in [9.17, 15) is 9.59 Å². The summed E-state index contributed by atoms with van der Waals surface area (Å²) in [6, 6.07) is 2.85. The van der Waals surface area contributed by atoms with Crippen molar-refractivity contribution in [3.63, 3.8) is 0 Å². The molecule has 0 bridgehead atoms. The highest BCUT2D eigenvalue weighted by Crippen LogP contribution is 2.35. The third-order valence-electron chi connectivity index (χ3n) is 3.81. The molecule has 5 nitrogen and oxygen atoms in total. The van der Waals surface area contributed by atoms with Gasteiger partial charge in [-0.05, 0) is 18.9 Å². The molecule has 0 unspecified atom stereocenters. The van der Waals surface area contributed by atoms with Crippen LogP contribution in [-0.4, -0.2) is 20.5 Å². The van der Waals surface area contributed by atoms with Crippen molar-refractivity contribution in [1.82, 2.24) is 14.8 Å². The van der Waals surface area contributed by atoms with Crippen molar-refractivity contribution in [3.8, 4) is 0 Å². The van der Waals surface area contributed by atoms with Gasteiger partial charge in [-0.1, -0.05) is 12.8 Å². The second kappa shape index (κ2) is 5.89. The van der Waals surface area contributed by atoms with Crippen LogP contribution in [-0.2, 0) is 6.54 Å². The number of aromatic nitrogens is 3. The molecule has 2 aromatic heterocycles. The summed E-state index contributed by atoms with van der Waals surface area (Å²) in [5, 5.41) is 7.25. The number of carbonyl (C=O) groups excluding carboxylic acids is 1. The Kier molecular flexibility index (Phi) is 3.96. The number of hydrogen-bond acceptors (Lipinski definition) is 5. The van der Waals surface area contributed by atoms with E-state index in [4.69, 9.17) is 0 Å². The minimum Gasteiger partial charge on any atom is -0.293 e. The van der Waals surface area contributed by atoms with Crippen molar-refractivity contribution in [2.45, 2.75) is 45.1 Å². The van der Waals surface area contributed by atoms with Crippen LogP contribution in [0.3, 0.4) is 0 Å². The van der Waals surface area contributed by atoms with E-state index >= 15 is 0 Å². The zero-order chi connectivity index (χ0) is 14.8. The van der Waals surface area contributed by atoms with E-state index in [0.29, 0.717) is 18.2 Å². The van der Waals surface area contributed by atoms with Gasteiger partial charge in [0.2, 0.25) is 0 Å². The van der Waals surface area contributed by atoms with Gasteiger partial charge in [0.05, 0.1) is 17.2 Å². The van der Waals surface area contributed by atoms with E-state index in [2.05, 4.69) is 10.1 Å². The lowest BCUT2D eigenvalue weighted by atomic mass is 10.1. The van der Waals surface area contributed by atoms with Crippen LogP contribution < -0.4 is 5.56 Å². The molecular formula is C15H17N3O2S. The maximum Gasteiger partial charge on any atom is 0.267 e. The van der Waals surface area contributed by atoms with Gasteiger partial charge in [0.1, 0.15) is 5.69 Å². The molecule has 0 spiro atoms. The fraction of sp³-hybridized carbons (Fsp3) is 0.467. The van der Waals surface area contributed by atoms with Crippen LogP contribution in [0.25, 0.3) is 0 Å². The number of nitrogens with zero attached hydrogens (tertiary/aromatic N) is 3. The number of ketones is 1. The van der Waals surface area contributed by atoms with Crippen molar-refractivity contribution in [3.05, 3.63) is 44.3 Å². The van der Waals surface area contributed by atoms with Gasteiger partial charge in [-0.15, -0.1) is 11.3 Å². The van der Waals surface area contributed by atoms with Gasteiger partial charge in [-0.3, -0.25) is 9.59 Å². The monoisotopic (exact) mass is 303 g/mol. The third-order valence-corrected chi connectivity index (χ3v) is 4.87. The van der Waals surface area contributed by atoms with Gasteiger partial charge in [-0.25, -0.2) is 9.67 Å². The molecule has 1 saturated carbocycles. The minimum atomic E-state index is -0.213. The largest absolute Gasteiger partial charge is 0.293 e. The average Bonchev–Trinajstić information content (AvgIpc) is 3.11. The Bertz CT molecular complexity index is 714. The molecule has 0 amide bonds. The molecule has 0 aromatic carbocycles. The topological polar surface area (TPSA) is 64.8 Å².